The van der Waals surface area contributed by atoms with Gasteiger partial charge in [0.2, 0.25) is 0 Å². The van der Waals surface area contributed by atoms with Crippen molar-refractivity contribution in [2.45, 2.75) is 19.6 Å². The molecule has 66 valence electrons. The monoisotopic (exact) mass is 169 g/mol. The molecule has 2 nitrogen and oxygen atoms in total. The molecule has 1 aromatic rings. The maximum absolute atomic E-state index is 13.0. The summed E-state index contributed by atoms with van der Waals surface area (Å²) in [5.41, 5.74) is 6.65. The molecule has 0 amide bonds. The molecule has 1 rings (SSSR count). The molecule has 0 aliphatic carbocycles. The Morgan fingerprint density at radius 2 is 2.25 bits per heavy atom. The van der Waals surface area contributed by atoms with Gasteiger partial charge in [-0.1, -0.05) is 6.07 Å². The highest BCUT2D eigenvalue weighted by Crippen LogP contribution is 2.16. The highest BCUT2D eigenvalue weighted by Gasteiger charge is 2.06. The summed E-state index contributed by atoms with van der Waals surface area (Å²) in [6, 6.07) is 4.11. The van der Waals surface area contributed by atoms with E-state index in [9.17, 15) is 4.39 Å². The summed E-state index contributed by atoms with van der Waals surface area (Å²) in [4.78, 5) is 0. The van der Waals surface area contributed by atoms with Gasteiger partial charge in [0, 0.05) is 11.6 Å². The smallest absolute Gasteiger partial charge is 0.127 e. The van der Waals surface area contributed by atoms with Crippen molar-refractivity contribution in [3.05, 3.63) is 35.1 Å². The van der Waals surface area contributed by atoms with Crippen LogP contribution in [0, 0.1) is 5.82 Å². The van der Waals surface area contributed by atoms with E-state index >= 15 is 0 Å². The first kappa shape index (κ1) is 9.16. The maximum atomic E-state index is 13.0. The number of rotatable bonds is 2. The Balaban J connectivity index is 3.08. The molecule has 0 aromatic heterocycles. The number of hydrogen-bond donors (Lipinski definition) is 2. The number of hydrogen-bond acceptors (Lipinski definition) is 2. The zero-order valence-electron chi connectivity index (χ0n) is 6.92. The van der Waals surface area contributed by atoms with Crippen LogP contribution in [0.1, 0.15) is 24.1 Å². The number of aliphatic hydroxyl groups is 1. The van der Waals surface area contributed by atoms with Crippen molar-refractivity contribution in [2.75, 3.05) is 0 Å². The van der Waals surface area contributed by atoms with E-state index in [1.165, 1.54) is 6.07 Å². The summed E-state index contributed by atoms with van der Waals surface area (Å²) in [7, 11) is 0. The molecule has 1 aromatic carbocycles. The predicted molar refractivity (Wildman–Crippen MR) is 44.9 cm³/mol. The van der Waals surface area contributed by atoms with Gasteiger partial charge in [0.1, 0.15) is 5.82 Å². The topological polar surface area (TPSA) is 46.2 Å². The van der Waals surface area contributed by atoms with Crippen molar-refractivity contribution in [2.24, 2.45) is 5.73 Å². The quantitative estimate of drug-likeness (QED) is 0.701. The van der Waals surface area contributed by atoms with Gasteiger partial charge in [0.25, 0.3) is 0 Å². The van der Waals surface area contributed by atoms with Crippen LogP contribution in [-0.2, 0) is 6.61 Å². The van der Waals surface area contributed by atoms with Crippen LogP contribution in [-0.4, -0.2) is 5.11 Å². The van der Waals surface area contributed by atoms with Gasteiger partial charge < -0.3 is 10.8 Å². The summed E-state index contributed by atoms with van der Waals surface area (Å²) < 4.78 is 13.0. The first-order valence-corrected chi connectivity index (χ1v) is 3.80. The third-order valence-corrected chi connectivity index (χ3v) is 1.73. The fourth-order valence-electron chi connectivity index (χ4n) is 1.04. The van der Waals surface area contributed by atoms with Gasteiger partial charge in [-0.2, -0.15) is 0 Å². The van der Waals surface area contributed by atoms with Crippen molar-refractivity contribution in [1.82, 2.24) is 0 Å². The second-order valence-corrected chi connectivity index (χ2v) is 2.80. The molecule has 0 spiro atoms. The Bertz CT molecular complexity index is 273. The van der Waals surface area contributed by atoms with E-state index in [4.69, 9.17) is 10.8 Å². The van der Waals surface area contributed by atoms with E-state index in [1.807, 2.05) is 0 Å². The fourth-order valence-corrected chi connectivity index (χ4v) is 1.04. The van der Waals surface area contributed by atoms with Gasteiger partial charge in [-0.3, -0.25) is 0 Å². The molecule has 3 heteroatoms. The zero-order valence-corrected chi connectivity index (χ0v) is 6.92. The molecule has 0 radical (unpaired) electrons. The lowest BCUT2D eigenvalue weighted by molar-refractivity contribution is 0.281. The number of aliphatic hydroxyl groups excluding tert-OH is 1. The number of benzene rings is 1. The summed E-state index contributed by atoms with van der Waals surface area (Å²) in [6.07, 6.45) is 0. The molecular weight excluding hydrogens is 157 g/mol. The summed E-state index contributed by atoms with van der Waals surface area (Å²) in [5.74, 6) is -0.317. The molecule has 12 heavy (non-hydrogen) atoms. The maximum Gasteiger partial charge on any atom is 0.127 e. The van der Waals surface area contributed by atoms with E-state index in [2.05, 4.69) is 0 Å². The number of halogens is 1. The molecule has 0 fully saturated rings. The van der Waals surface area contributed by atoms with Gasteiger partial charge >= 0.3 is 0 Å². The number of nitrogens with two attached hydrogens (primary N) is 1. The van der Waals surface area contributed by atoms with Crippen LogP contribution < -0.4 is 5.73 Å². The Morgan fingerprint density at radius 1 is 1.58 bits per heavy atom. The standard InChI is InChI=1S/C9H12FNO/c1-6(11)8-4-7(5-12)2-3-9(8)10/h2-4,6,12H,5,11H2,1H3. The third kappa shape index (κ3) is 1.81. The summed E-state index contributed by atoms with van der Waals surface area (Å²) in [5, 5.41) is 8.77. The van der Waals surface area contributed by atoms with Gasteiger partial charge in [-0.25, -0.2) is 4.39 Å². The lowest BCUT2D eigenvalue weighted by Crippen LogP contribution is -2.07. The molecule has 0 heterocycles. The van der Waals surface area contributed by atoms with Gasteiger partial charge in [-0.05, 0) is 24.6 Å². The van der Waals surface area contributed by atoms with E-state index in [0.717, 1.165) is 0 Å². The molecule has 0 aliphatic heterocycles. The Morgan fingerprint density at radius 3 is 2.75 bits per heavy atom. The van der Waals surface area contributed by atoms with Crippen LogP contribution in [0.2, 0.25) is 0 Å². The van der Waals surface area contributed by atoms with Crippen LogP contribution in [0.5, 0.6) is 0 Å². The summed E-state index contributed by atoms with van der Waals surface area (Å²) in [6.45, 7) is 1.62. The predicted octanol–water partition coefficient (Wildman–Crippen LogP) is 1.34. The highest BCUT2D eigenvalue weighted by molar-refractivity contribution is 5.26. The van der Waals surface area contributed by atoms with E-state index in [1.54, 1.807) is 19.1 Å². The van der Waals surface area contributed by atoms with Crippen LogP contribution >= 0.6 is 0 Å². The zero-order chi connectivity index (χ0) is 9.14. The molecule has 0 bridgehead atoms. The van der Waals surface area contributed by atoms with Crippen molar-refractivity contribution in [3.63, 3.8) is 0 Å². The van der Waals surface area contributed by atoms with Crippen LogP contribution in [0.4, 0.5) is 4.39 Å². The Hall–Kier alpha value is -0.930. The average Bonchev–Trinajstić information content (AvgIpc) is 2.05. The second kappa shape index (κ2) is 3.65. The van der Waals surface area contributed by atoms with Gasteiger partial charge in [-0.15, -0.1) is 0 Å². The van der Waals surface area contributed by atoms with Crippen molar-refractivity contribution in [1.29, 1.82) is 0 Å². The SMILES string of the molecule is CC(N)c1cc(CO)ccc1F. The Kier molecular flexibility index (Phi) is 2.78. The fraction of sp³-hybridized carbons (Fsp3) is 0.333. The lowest BCUT2D eigenvalue weighted by atomic mass is 10.1. The largest absolute Gasteiger partial charge is 0.392 e. The third-order valence-electron chi connectivity index (χ3n) is 1.73. The molecule has 1 unspecified atom stereocenters. The first-order chi connectivity index (χ1) is 5.65. The first-order valence-electron chi connectivity index (χ1n) is 3.80. The second-order valence-electron chi connectivity index (χ2n) is 2.80. The molecule has 0 aliphatic rings. The molecule has 1 atom stereocenters. The minimum absolute atomic E-state index is 0.0833. The van der Waals surface area contributed by atoms with Crippen molar-refractivity contribution >= 4 is 0 Å². The van der Waals surface area contributed by atoms with E-state index < -0.39 is 0 Å². The normalized spacial score (nSPS) is 13.0. The molecule has 0 saturated heterocycles. The average molecular weight is 169 g/mol. The van der Waals surface area contributed by atoms with E-state index in [0.29, 0.717) is 11.1 Å². The Labute approximate surface area is 70.8 Å². The minimum Gasteiger partial charge on any atom is -0.392 e. The van der Waals surface area contributed by atoms with Crippen LogP contribution in [0.15, 0.2) is 18.2 Å². The molecule has 0 saturated carbocycles. The van der Waals surface area contributed by atoms with Crippen LogP contribution in [0.3, 0.4) is 0 Å². The van der Waals surface area contributed by atoms with Gasteiger partial charge in [0.15, 0.2) is 0 Å². The van der Waals surface area contributed by atoms with Crippen molar-refractivity contribution < 1.29 is 9.50 Å². The lowest BCUT2D eigenvalue weighted by Gasteiger charge is -2.08. The van der Waals surface area contributed by atoms with Crippen LogP contribution in [0.25, 0.3) is 0 Å². The van der Waals surface area contributed by atoms with E-state index in [-0.39, 0.29) is 18.5 Å². The van der Waals surface area contributed by atoms with Gasteiger partial charge in [0.05, 0.1) is 6.61 Å². The molecular formula is C9H12FNO. The highest BCUT2D eigenvalue weighted by atomic mass is 19.1. The minimum atomic E-state index is -0.337. The summed E-state index contributed by atoms with van der Waals surface area (Å²) >= 11 is 0. The van der Waals surface area contributed by atoms with Crippen molar-refractivity contribution in [3.8, 4) is 0 Å². The molecule has 3 N–H and O–H groups in total.